The molecule has 136 valence electrons. The van der Waals surface area contributed by atoms with Crippen molar-refractivity contribution in [3.63, 3.8) is 0 Å². The normalized spacial score (nSPS) is 22.9. The van der Waals surface area contributed by atoms with Gasteiger partial charge in [-0.2, -0.15) is 0 Å². The molecule has 0 N–H and O–H groups in total. The maximum absolute atomic E-state index is 13.2. The summed E-state index contributed by atoms with van der Waals surface area (Å²) in [5, 5.41) is 0. The zero-order valence-corrected chi connectivity index (χ0v) is 15.5. The van der Waals surface area contributed by atoms with Gasteiger partial charge in [0.1, 0.15) is 5.75 Å². The van der Waals surface area contributed by atoms with Crippen LogP contribution in [0.15, 0.2) is 48.5 Å². The molecular weight excluding hydrogens is 324 g/mol. The van der Waals surface area contributed by atoms with E-state index in [1.807, 2.05) is 48.5 Å². The van der Waals surface area contributed by atoms with Crippen molar-refractivity contribution in [2.45, 2.75) is 18.9 Å². The predicted octanol–water partition coefficient (Wildman–Crippen LogP) is 3.53. The summed E-state index contributed by atoms with van der Waals surface area (Å²) in [6.45, 7) is 2.82. The van der Waals surface area contributed by atoms with Crippen molar-refractivity contribution in [3.8, 4) is 16.9 Å². The monoisotopic (exact) mass is 350 g/mol. The SMILES string of the molecule is COc1ccccc1-c1cccc(C(=O)N2C[C@@H]3CC[C@H](C2)N(C)C3)c1. The van der Waals surface area contributed by atoms with Gasteiger partial charge in [0.2, 0.25) is 0 Å². The zero-order chi connectivity index (χ0) is 18.1. The Morgan fingerprint density at radius 2 is 1.88 bits per heavy atom. The van der Waals surface area contributed by atoms with Crippen LogP contribution in [-0.4, -0.2) is 55.5 Å². The van der Waals surface area contributed by atoms with Crippen LogP contribution in [0.5, 0.6) is 5.75 Å². The van der Waals surface area contributed by atoms with Gasteiger partial charge in [0, 0.05) is 36.8 Å². The second-order valence-electron chi connectivity index (χ2n) is 7.53. The van der Waals surface area contributed by atoms with Crippen LogP contribution < -0.4 is 4.74 Å². The van der Waals surface area contributed by atoms with E-state index in [-0.39, 0.29) is 5.91 Å². The molecule has 2 aromatic rings. The van der Waals surface area contributed by atoms with E-state index in [2.05, 4.69) is 16.8 Å². The lowest BCUT2D eigenvalue weighted by Crippen LogP contribution is -2.41. The molecule has 4 heteroatoms. The molecule has 3 saturated heterocycles. The van der Waals surface area contributed by atoms with Crippen LogP contribution in [-0.2, 0) is 0 Å². The number of para-hydroxylation sites is 1. The molecule has 0 aliphatic carbocycles. The number of nitrogens with zero attached hydrogens (tertiary/aromatic N) is 2. The van der Waals surface area contributed by atoms with E-state index in [0.717, 1.165) is 42.1 Å². The van der Waals surface area contributed by atoms with E-state index in [1.165, 1.54) is 12.8 Å². The Balaban J connectivity index is 1.61. The minimum absolute atomic E-state index is 0.147. The molecule has 3 fully saturated rings. The lowest BCUT2D eigenvalue weighted by molar-refractivity contribution is 0.0742. The van der Waals surface area contributed by atoms with E-state index < -0.39 is 0 Å². The summed E-state index contributed by atoms with van der Waals surface area (Å²) >= 11 is 0. The molecule has 0 saturated carbocycles. The lowest BCUT2D eigenvalue weighted by Gasteiger charge is -2.32. The largest absolute Gasteiger partial charge is 0.496 e. The van der Waals surface area contributed by atoms with Gasteiger partial charge in [-0.05, 0) is 49.6 Å². The van der Waals surface area contributed by atoms with Gasteiger partial charge in [-0.1, -0.05) is 30.3 Å². The third-order valence-electron chi connectivity index (χ3n) is 5.80. The van der Waals surface area contributed by atoms with E-state index in [0.29, 0.717) is 12.0 Å². The molecular formula is C22H26N2O2. The molecule has 3 aliphatic heterocycles. The van der Waals surface area contributed by atoms with Crippen molar-refractivity contribution in [2.75, 3.05) is 33.8 Å². The highest BCUT2D eigenvalue weighted by Crippen LogP contribution is 2.31. The highest BCUT2D eigenvalue weighted by Gasteiger charge is 2.34. The van der Waals surface area contributed by atoms with Gasteiger partial charge in [-0.15, -0.1) is 0 Å². The van der Waals surface area contributed by atoms with Crippen LogP contribution >= 0.6 is 0 Å². The Kier molecular flexibility index (Phi) is 4.68. The van der Waals surface area contributed by atoms with Crippen LogP contribution in [0.1, 0.15) is 23.2 Å². The number of carbonyl (C=O) groups excluding carboxylic acids is 1. The molecule has 0 aromatic heterocycles. The number of likely N-dealkylation sites (N-methyl/N-ethyl adjacent to an activating group) is 1. The number of rotatable bonds is 3. The second kappa shape index (κ2) is 7.12. The molecule has 3 aliphatic rings. The van der Waals surface area contributed by atoms with Crippen LogP contribution in [0, 0.1) is 5.92 Å². The first-order valence-corrected chi connectivity index (χ1v) is 9.38. The standard InChI is InChI=1S/C22H26N2O2/c1-23-13-16-10-11-19(23)15-24(14-16)22(25)18-7-5-6-17(12-18)20-8-3-4-9-21(20)26-2/h3-9,12,16,19H,10-11,13-15H2,1-2H3/t16-,19-/m1/s1. The molecule has 2 bridgehead atoms. The average Bonchev–Trinajstić information content (AvgIpc) is 2.99. The lowest BCUT2D eigenvalue weighted by atomic mass is 9.96. The summed E-state index contributed by atoms with van der Waals surface area (Å²) in [6, 6.07) is 16.4. The number of ether oxygens (including phenoxy) is 1. The Morgan fingerprint density at radius 1 is 1.04 bits per heavy atom. The quantitative estimate of drug-likeness (QED) is 0.849. The average molecular weight is 350 g/mol. The van der Waals surface area contributed by atoms with Gasteiger partial charge in [-0.3, -0.25) is 4.79 Å². The topological polar surface area (TPSA) is 32.8 Å². The summed E-state index contributed by atoms with van der Waals surface area (Å²) in [7, 11) is 3.87. The number of fused-ring (bicyclic) bond motifs is 4. The number of hydrogen-bond acceptors (Lipinski definition) is 3. The summed E-state index contributed by atoms with van der Waals surface area (Å²) in [5.41, 5.74) is 2.79. The van der Waals surface area contributed by atoms with Gasteiger partial charge >= 0.3 is 0 Å². The van der Waals surface area contributed by atoms with E-state index in [9.17, 15) is 4.79 Å². The molecule has 0 radical (unpaired) electrons. The fraction of sp³-hybridized carbons (Fsp3) is 0.409. The Labute approximate surface area is 155 Å². The molecule has 3 heterocycles. The van der Waals surface area contributed by atoms with E-state index in [4.69, 9.17) is 4.74 Å². The number of methoxy groups -OCH3 is 1. The summed E-state index contributed by atoms with van der Waals surface area (Å²) in [5.74, 6) is 1.57. The minimum atomic E-state index is 0.147. The number of amides is 1. The molecule has 0 spiro atoms. The highest BCUT2D eigenvalue weighted by molar-refractivity contribution is 5.95. The molecule has 5 rings (SSSR count). The van der Waals surface area contributed by atoms with Crippen molar-refractivity contribution >= 4 is 5.91 Å². The molecule has 4 nitrogen and oxygen atoms in total. The van der Waals surface area contributed by atoms with Crippen LogP contribution in [0.25, 0.3) is 11.1 Å². The number of carbonyl (C=O) groups is 1. The number of hydrogen-bond donors (Lipinski definition) is 0. The van der Waals surface area contributed by atoms with Crippen LogP contribution in [0.2, 0.25) is 0 Å². The third kappa shape index (κ3) is 3.21. The fourth-order valence-corrected chi connectivity index (χ4v) is 4.37. The first-order chi connectivity index (χ1) is 12.7. The van der Waals surface area contributed by atoms with Crippen LogP contribution in [0.4, 0.5) is 0 Å². The van der Waals surface area contributed by atoms with Gasteiger partial charge in [0.05, 0.1) is 7.11 Å². The van der Waals surface area contributed by atoms with E-state index >= 15 is 0 Å². The fourth-order valence-electron chi connectivity index (χ4n) is 4.37. The van der Waals surface area contributed by atoms with Crippen molar-refractivity contribution < 1.29 is 9.53 Å². The molecule has 0 unspecified atom stereocenters. The van der Waals surface area contributed by atoms with Gasteiger partial charge in [0.25, 0.3) is 5.91 Å². The van der Waals surface area contributed by atoms with Crippen molar-refractivity contribution in [3.05, 3.63) is 54.1 Å². The molecule has 2 atom stereocenters. The Hall–Kier alpha value is -2.33. The maximum Gasteiger partial charge on any atom is 0.253 e. The van der Waals surface area contributed by atoms with E-state index in [1.54, 1.807) is 7.11 Å². The molecule has 2 aromatic carbocycles. The van der Waals surface area contributed by atoms with Gasteiger partial charge in [-0.25, -0.2) is 0 Å². The first-order valence-electron chi connectivity index (χ1n) is 9.38. The number of benzene rings is 2. The second-order valence-corrected chi connectivity index (χ2v) is 7.53. The predicted molar refractivity (Wildman–Crippen MR) is 103 cm³/mol. The first kappa shape index (κ1) is 17.1. The molecule has 1 amide bonds. The zero-order valence-electron chi connectivity index (χ0n) is 15.5. The maximum atomic E-state index is 13.2. The van der Waals surface area contributed by atoms with Gasteiger partial charge in [0.15, 0.2) is 0 Å². The Morgan fingerprint density at radius 3 is 2.69 bits per heavy atom. The summed E-state index contributed by atoms with van der Waals surface area (Å²) < 4.78 is 5.48. The van der Waals surface area contributed by atoms with Crippen molar-refractivity contribution in [2.24, 2.45) is 5.92 Å². The smallest absolute Gasteiger partial charge is 0.253 e. The van der Waals surface area contributed by atoms with Crippen LogP contribution in [0.3, 0.4) is 0 Å². The van der Waals surface area contributed by atoms with Crippen molar-refractivity contribution in [1.29, 1.82) is 0 Å². The highest BCUT2D eigenvalue weighted by atomic mass is 16.5. The van der Waals surface area contributed by atoms with Gasteiger partial charge < -0.3 is 14.5 Å². The Bertz CT molecular complexity index is 804. The third-order valence-corrected chi connectivity index (χ3v) is 5.80. The minimum Gasteiger partial charge on any atom is -0.496 e. The molecule has 26 heavy (non-hydrogen) atoms. The number of piperidine rings is 1. The summed E-state index contributed by atoms with van der Waals surface area (Å²) in [4.78, 5) is 17.7. The van der Waals surface area contributed by atoms with Crippen molar-refractivity contribution in [1.82, 2.24) is 9.80 Å². The summed E-state index contributed by atoms with van der Waals surface area (Å²) in [6.07, 6.45) is 2.44.